The van der Waals surface area contributed by atoms with Crippen molar-refractivity contribution in [3.05, 3.63) is 0 Å². The summed E-state index contributed by atoms with van der Waals surface area (Å²) in [5, 5.41) is 0. The SMILES string of the molecule is CC(C)(N)CN(CCN)C1CCCCC1. The largest absolute Gasteiger partial charge is 0.329 e. The van der Waals surface area contributed by atoms with Crippen LogP contribution in [0.5, 0.6) is 0 Å². The molecule has 15 heavy (non-hydrogen) atoms. The van der Waals surface area contributed by atoms with E-state index in [2.05, 4.69) is 18.7 Å². The Morgan fingerprint density at radius 1 is 1.20 bits per heavy atom. The number of hydrogen-bond acceptors (Lipinski definition) is 3. The predicted molar refractivity (Wildman–Crippen MR) is 65.8 cm³/mol. The van der Waals surface area contributed by atoms with Crippen LogP contribution in [0.4, 0.5) is 0 Å². The van der Waals surface area contributed by atoms with Gasteiger partial charge in [0.05, 0.1) is 0 Å². The zero-order chi connectivity index (χ0) is 11.3. The maximum atomic E-state index is 6.09. The zero-order valence-electron chi connectivity index (χ0n) is 10.3. The molecule has 1 aliphatic carbocycles. The summed E-state index contributed by atoms with van der Waals surface area (Å²) in [6, 6.07) is 0.727. The normalized spacial score (nSPS) is 19.8. The van der Waals surface area contributed by atoms with Gasteiger partial charge < -0.3 is 11.5 Å². The van der Waals surface area contributed by atoms with Crippen molar-refractivity contribution in [3.63, 3.8) is 0 Å². The van der Waals surface area contributed by atoms with Crippen molar-refractivity contribution in [1.82, 2.24) is 4.90 Å². The standard InChI is InChI=1S/C12H27N3/c1-12(2,14)10-15(9-8-13)11-6-4-3-5-7-11/h11H,3-10,13-14H2,1-2H3. The molecule has 0 aromatic rings. The van der Waals surface area contributed by atoms with E-state index in [0.29, 0.717) is 0 Å². The smallest absolute Gasteiger partial charge is 0.0226 e. The van der Waals surface area contributed by atoms with E-state index < -0.39 is 0 Å². The lowest BCUT2D eigenvalue weighted by Gasteiger charge is -2.38. The summed E-state index contributed by atoms with van der Waals surface area (Å²) in [6.45, 7) is 6.89. The Morgan fingerprint density at radius 2 is 1.80 bits per heavy atom. The van der Waals surface area contributed by atoms with Crippen LogP contribution in [0.25, 0.3) is 0 Å². The summed E-state index contributed by atoms with van der Waals surface area (Å²) in [7, 11) is 0. The third-order valence-electron chi connectivity index (χ3n) is 3.12. The summed E-state index contributed by atoms with van der Waals surface area (Å²) < 4.78 is 0. The second-order valence-electron chi connectivity index (χ2n) is 5.54. The van der Waals surface area contributed by atoms with Crippen LogP contribution in [-0.4, -0.2) is 36.1 Å². The molecule has 0 saturated heterocycles. The molecule has 0 radical (unpaired) electrons. The van der Waals surface area contributed by atoms with Gasteiger partial charge in [-0.3, -0.25) is 4.90 Å². The van der Waals surface area contributed by atoms with Gasteiger partial charge in [-0.25, -0.2) is 0 Å². The van der Waals surface area contributed by atoms with Crippen molar-refractivity contribution < 1.29 is 0 Å². The van der Waals surface area contributed by atoms with Crippen LogP contribution in [0.2, 0.25) is 0 Å². The number of hydrogen-bond donors (Lipinski definition) is 2. The molecular formula is C12H27N3. The van der Waals surface area contributed by atoms with E-state index in [-0.39, 0.29) is 5.54 Å². The topological polar surface area (TPSA) is 55.3 Å². The predicted octanol–water partition coefficient (Wildman–Crippen LogP) is 1.32. The van der Waals surface area contributed by atoms with Crippen LogP contribution < -0.4 is 11.5 Å². The van der Waals surface area contributed by atoms with Crippen molar-refractivity contribution in [1.29, 1.82) is 0 Å². The Hall–Kier alpha value is -0.120. The van der Waals surface area contributed by atoms with Gasteiger partial charge in [-0.1, -0.05) is 19.3 Å². The van der Waals surface area contributed by atoms with Crippen LogP contribution in [0.1, 0.15) is 46.0 Å². The highest BCUT2D eigenvalue weighted by Crippen LogP contribution is 2.23. The van der Waals surface area contributed by atoms with E-state index in [1.165, 1.54) is 32.1 Å². The van der Waals surface area contributed by atoms with Crippen LogP contribution in [0, 0.1) is 0 Å². The van der Waals surface area contributed by atoms with E-state index in [0.717, 1.165) is 25.7 Å². The van der Waals surface area contributed by atoms with Crippen molar-refractivity contribution in [2.45, 2.75) is 57.5 Å². The first-order valence-electron chi connectivity index (χ1n) is 6.26. The van der Waals surface area contributed by atoms with E-state index in [1.54, 1.807) is 0 Å². The number of nitrogens with two attached hydrogens (primary N) is 2. The van der Waals surface area contributed by atoms with E-state index >= 15 is 0 Å². The third kappa shape index (κ3) is 4.96. The monoisotopic (exact) mass is 213 g/mol. The third-order valence-corrected chi connectivity index (χ3v) is 3.12. The molecule has 0 heterocycles. The van der Waals surface area contributed by atoms with E-state index in [9.17, 15) is 0 Å². The Labute approximate surface area is 94.2 Å². The average molecular weight is 213 g/mol. The van der Waals surface area contributed by atoms with Crippen LogP contribution in [0.15, 0.2) is 0 Å². The highest BCUT2D eigenvalue weighted by molar-refractivity contribution is 4.83. The molecule has 3 nitrogen and oxygen atoms in total. The summed E-state index contributed by atoms with van der Waals surface area (Å²) in [4.78, 5) is 2.50. The molecule has 1 fully saturated rings. The van der Waals surface area contributed by atoms with Crippen molar-refractivity contribution in [2.24, 2.45) is 11.5 Å². The fourth-order valence-electron chi connectivity index (χ4n) is 2.53. The Morgan fingerprint density at radius 3 is 2.27 bits per heavy atom. The molecule has 0 spiro atoms. The molecule has 0 atom stereocenters. The molecule has 0 bridgehead atoms. The summed E-state index contributed by atoms with van der Waals surface area (Å²) >= 11 is 0. The van der Waals surface area contributed by atoms with Crippen molar-refractivity contribution in [2.75, 3.05) is 19.6 Å². The van der Waals surface area contributed by atoms with Gasteiger partial charge in [-0.15, -0.1) is 0 Å². The van der Waals surface area contributed by atoms with Crippen LogP contribution >= 0.6 is 0 Å². The van der Waals surface area contributed by atoms with Crippen molar-refractivity contribution >= 4 is 0 Å². The summed E-state index contributed by atoms with van der Waals surface area (Å²) in [6.07, 6.45) is 6.80. The van der Waals surface area contributed by atoms with Gasteiger partial charge in [0.25, 0.3) is 0 Å². The molecule has 0 unspecified atom stereocenters. The molecular weight excluding hydrogens is 186 g/mol. The lowest BCUT2D eigenvalue weighted by molar-refractivity contribution is 0.134. The molecule has 1 aliphatic rings. The van der Waals surface area contributed by atoms with Gasteiger partial charge in [0.1, 0.15) is 0 Å². The maximum absolute atomic E-state index is 6.09. The van der Waals surface area contributed by atoms with Gasteiger partial charge in [0.2, 0.25) is 0 Å². The maximum Gasteiger partial charge on any atom is 0.0226 e. The molecule has 1 saturated carbocycles. The molecule has 90 valence electrons. The van der Waals surface area contributed by atoms with Gasteiger partial charge in [0, 0.05) is 31.2 Å². The minimum Gasteiger partial charge on any atom is -0.329 e. The first-order chi connectivity index (χ1) is 7.03. The van der Waals surface area contributed by atoms with Crippen LogP contribution in [0.3, 0.4) is 0 Å². The Balaban J connectivity index is 2.47. The zero-order valence-corrected chi connectivity index (χ0v) is 10.3. The van der Waals surface area contributed by atoms with E-state index in [4.69, 9.17) is 11.5 Å². The van der Waals surface area contributed by atoms with E-state index in [1.807, 2.05) is 0 Å². The molecule has 0 aromatic heterocycles. The summed E-state index contributed by atoms with van der Waals surface area (Å²) in [5.74, 6) is 0. The van der Waals surface area contributed by atoms with Crippen LogP contribution in [-0.2, 0) is 0 Å². The number of nitrogens with zero attached hydrogens (tertiary/aromatic N) is 1. The summed E-state index contributed by atoms with van der Waals surface area (Å²) in [5.41, 5.74) is 11.7. The molecule has 0 aromatic carbocycles. The fraction of sp³-hybridized carbons (Fsp3) is 1.00. The minimum absolute atomic E-state index is 0.105. The highest BCUT2D eigenvalue weighted by Gasteiger charge is 2.24. The highest BCUT2D eigenvalue weighted by atomic mass is 15.2. The van der Waals surface area contributed by atoms with Gasteiger partial charge >= 0.3 is 0 Å². The quantitative estimate of drug-likeness (QED) is 0.724. The van der Waals surface area contributed by atoms with Crippen molar-refractivity contribution in [3.8, 4) is 0 Å². The molecule has 4 N–H and O–H groups in total. The van der Waals surface area contributed by atoms with Gasteiger partial charge in [-0.2, -0.15) is 0 Å². The molecule has 0 amide bonds. The molecule has 3 heteroatoms. The lowest BCUT2D eigenvalue weighted by Crippen LogP contribution is -2.51. The second kappa shape index (κ2) is 5.83. The Kier molecular flexibility index (Phi) is 5.03. The van der Waals surface area contributed by atoms with Gasteiger partial charge in [-0.05, 0) is 26.7 Å². The number of rotatable bonds is 5. The Bertz CT molecular complexity index is 168. The lowest BCUT2D eigenvalue weighted by atomic mass is 9.93. The second-order valence-corrected chi connectivity index (χ2v) is 5.54. The minimum atomic E-state index is -0.105. The first-order valence-corrected chi connectivity index (χ1v) is 6.26. The first kappa shape index (κ1) is 12.9. The van der Waals surface area contributed by atoms with Gasteiger partial charge in [0.15, 0.2) is 0 Å². The molecule has 1 rings (SSSR count). The fourth-order valence-corrected chi connectivity index (χ4v) is 2.53. The molecule has 0 aliphatic heterocycles. The average Bonchev–Trinajstić information content (AvgIpc) is 2.17.